The van der Waals surface area contributed by atoms with Gasteiger partial charge in [0, 0.05) is 32.1 Å². The highest BCUT2D eigenvalue weighted by molar-refractivity contribution is 5.85. The predicted octanol–water partition coefficient (Wildman–Crippen LogP) is 3.84. The molecule has 1 aliphatic heterocycles. The highest BCUT2D eigenvalue weighted by Gasteiger charge is 2.28. The van der Waals surface area contributed by atoms with Crippen LogP contribution in [0.3, 0.4) is 0 Å². The second-order valence-electron chi connectivity index (χ2n) is 6.91. The SMILES string of the molecule is CCCCC1CCC(c2nc(C#N)c(N3CCNCC3)o2)CC1.Cl. The van der Waals surface area contributed by atoms with E-state index in [0.717, 1.165) is 50.8 Å². The van der Waals surface area contributed by atoms with Crippen LogP contribution in [0, 0.1) is 17.2 Å². The predicted molar refractivity (Wildman–Crippen MR) is 97.8 cm³/mol. The van der Waals surface area contributed by atoms with Crippen molar-refractivity contribution in [1.82, 2.24) is 10.3 Å². The van der Waals surface area contributed by atoms with Crippen LogP contribution in [0.2, 0.25) is 0 Å². The monoisotopic (exact) mass is 352 g/mol. The first kappa shape index (κ1) is 19.1. The molecule has 0 amide bonds. The smallest absolute Gasteiger partial charge is 0.234 e. The summed E-state index contributed by atoms with van der Waals surface area (Å²) in [4.78, 5) is 6.68. The summed E-state index contributed by atoms with van der Waals surface area (Å²) in [6, 6.07) is 2.22. The van der Waals surface area contributed by atoms with Gasteiger partial charge in [-0.3, -0.25) is 0 Å². The number of unbranched alkanes of at least 4 members (excludes halogenated alkanes) is 1. The fourth-order valence-electron chi connectivity index (χ4n) is 3.85. The van der Waals surface area contributed by atoms with Crippen molar-refractivity contribution < 1.29 is 4.42 Å². The topological polar surface area (TPSA) is 65.1 Å². The Bertz CT molecular complexity index is 540. The number of aromatic nitrogens is 1. The normalized spacial score (nSPS) is 24.2. The highest BCUT2D eigenvalue weighted by atomic mass is 35.5. The number of hydrogen-bond acceptors (Lipinski definition) is 5. The largest absolute Gasteiger partial charge is 0.423 e. The first-order valence-corrected chi connectivity index (χ1v) is 9.18. The van der Waals surface area contributed by atoms with Gasteiger partial charge in [-0.25, -0.2) is 4.98 Å². The lowest BCUT2D eigenvalue weighted by Crippen LogP contribution is -2.43. The molecule has 3 rings (SSSR count). The molecule has 1 aromatic heterocycles. The van der Waals surface area contributed by atoms with Gasteiger partial charge in [0.1, 0.15) is 6.07 Å². The number of halogens is 1. The molecule has 2 fully saturated rings. The molecule has 2 aliphatic rings. The van der Waals surface area contributed by atoms with Crippen LogP contribution in [-0.2, 0) is 0 Å². The molecule has 5 nitrogen and oxygen atoms in total. The molecule has 1 saturated carbocycles. The molecular weight excluding hydrogens is 324 g/mol. The van der Waals surface area contributed by atoms with Gasteiger partial charge < -0.3 is 14.6 Å². The van der Waals surface area contributed by atoms with Crippen molar-refractivity contribution in [2.75, 3.05) is 31.1 Å². The molecule has 0 atom stereocenters. The van der Waals surface area contributed by atoms with E-state index in [4.69, 9.17) is 4.42 Å². The van der Waals surface area contributed by atoms with Crippen molar-refractivity contribution in [2.24, 2.45) is 5.92 Å². The molecule has 2 heterocycles. The van der Waals surface area contributed by atoms with Gasteiger partial charge in [0.05, 0.1) is 0 Å². The third kappa shape index (κ3) is 4.43. The van der Waals surface area contributed by atoms with Crippen LogP contribution >= 0.6 is 12.4 Å². The molecule has 24 heavy (non-hydrogen) atoms. The van der Waals surface area contributed by atoms with Crippen molar-refractivity contribution in [1.29, 1.82) is 5.26 Å². The number of nitrogens with one attached hydrogen (secondary N) is 1. The lowest BCUT2D eigenvalue weighted by molar-refractivity contribution is 0.277. The summed E-state index contributed by atoms with van der Waals surface area (Å²) < 4.78 is 6.07. The van der Waals surface area contributed by atoms with Crippen molar-refractivity contribution in [2.45, 2.75) is 57.8 Å². The van der Waals surface area contributed by atoms with E-state index in [1.165, 1.54) is 32.1 Å². The average molecular weight is 353 g/mol. The Labute approximate surface area is 151 Å². The Morgan fingerprint density at radius 3 is 2.58 bits per heavy atom. The summed E-state index contributed by atoms with van der Waals surface area (Å²) in [5, 5.41) is 12.7. The van der Waals surface area contributed by atoms with E-state index in [1.807, 2.05) is 0 Å². The molecule has 1 aliphatic carbocycles. The van der Waals surface area contributed by atoms with E-state index in [-0.39, 0.29) is 12.4 Å². The summed E-state index contributed by atoms with van der Waals surface area (Å²) in [7, 11) is 0. The molecular formula is C18H29ClN4O. The number of hydrogen-bond donors (Lipinski definition) is 1. The van der Waals surface area contributed by atoms with E-state index in [1.54, 1.807) is 0 Å². The number of piperazine rings is 1. The quantitative estimate of drug-likeness (QED) is 0.872. The average Bonchev–Trinajstić information content (AvgIpc) is 3.05. The fourth-order valence-corrected chi connectivity index (χ4v) is 3.85. The summed E-state index contributed by atoms with van der Waals surface area (Å²) in [6.07, 6.45) is 8.86. The summed E-state index contributed by atoms with van der Waals surface area (Å²) in [5.41, 5.74) is 0.468. The molecule has 6 heteroatoms. The van der Waals surface area contributed by atoms with E-state index in [0.29, 0.717) is 17.5 Å². The maximum atomic E-state index is 9.39. The summed E-state index contributed by atoms with van der Waals surface area (Å²) in [5.74, 6) is 2.77. The van der Waals surface area contributed by atoms with Gasteiger partial charge in [-0.15, -0.1) is 12.4 Å². The summed E-state index contributed by atoms with van der Waals surface area (Å²) in [6.45, 7) is 5.90. The molecule has 1 saturated heterocycles. The van der Waals surface area contributed by atoms with Gasteiger partial charge in [-0.05, 0) is 31.6 Å². The van der Waals surface area contributed by atoms with Gasteiger partial charge in [-0.2, -0.15) is 5.26 Å². The van der Waals surface area contributed by atoms with Gasteiger partial charge in [-0.1, -0.05) is 26.2 Å². The van der Waals surface area contributed by atoms with Crippen LogP contribution < -0.4 is 10.2 Å². The molecule has 0 spiro atoms. The zero-order valence-corrected chi connectivity index (χ0v) is 15.4. The van der Waals surface area contributed by atoms with Crippen LogP contribution in [0.15, 0.2) is 4.42 Å². The lowest BCUT2D eigenvalue weighted by atomic mass is 9.80. The molecule has 0 aromatic carbocycles. The van der Waals surface area contributed by atoms with Crippen LogP contribution in [-0.4, -0.2) is 31.2 Å². The summed E-state index contributed by atoms with van der Waals surface area (Å²) >= 11 is 0. The number of nitriles is 1. The van der Waals surface area contributed by atoms with Crippen molar-refractivity contribution in [3.63, 3.8) is 0 Å². The Hall–Kier alpha value is -1.25. The van der Waals surface area contributed by atoms with Gasteiger partial charge in [0.2, 0.25) is 17.5 Å². The molecule has 1 aromatic rings. The van der Waals surface area contributed by atoms with Crippen LogP contribution in [0.5, 0.6) is 0 Å². The maximum absolute atomic E-state index is 9.39. The first-order chi connectivity index (χ1) is 11.3. The standard InChI is InChI=1S/C18H28N4O.ClH/c1-2-3-4-14-5-7-15(8-6-14)17-21-16(13-19)18(23-17)22-11-9-20-10-12-22;/h14-15,20H,2-12H2,1H3;1H. The van der Waals surface area contributed by atoms with Crippen molar-refractivity contribution >= 4 is 18.3 Å². The van der Waals surface area contributed by atoms with Crippen LogP contribution in [0.4, 0.5) is 5.88 Å². The van der Waals surface area contributed by atoms with Crippen molar-refractivity contribution in [3.8, 4) is 6.07 Å². The second kappa shape index (κ2) is 9.29. The van der Waals surface area contributed by atoms with Gasteiger partial charge in [0.15, 0.2) is 0 Å². The first-order valence-electron chi connectivity index (χ1n) is 9.18. The third-order valence-corrected chi connectivity index (χ3v) is 5.30. The van der Waals surface area contributed by atoms with E-state index >= 15 is 0 Å². The zero-order chi connectivity index (χ0) is 16.1. The van der Waals surface area contributed by atoms with Crippen LogP contribution in [0.25, 0.3) is 0 Å². The fraction of sp³-hybridized carbons (Fsp3) is 0.778. The highest BCUT2D eigenvalue weighted by Crippen LogP contribution is 2.39. The Morgan fingerprint density at radius 1 is 1.25 bits per heavy atom. The third-order valence-electron chi connectivity index (χ3n) is 5.30. The molecule has 0 radical (unpaired) electrons. The molecule has 0 bridgehead atoms. The van der Waals surface area contributed by atoms with Crippen molar-refractivity contribution in [3.05, 3.63) is 11.6 Å². The maximum Gasteiger partial charge on any atom is 0.234 e. The van der Waals surface area contributed by atoms with Gasteiger partial charge in [0.25, 0.3) is 0 Å². The zero-order valence-electron chi connectivity index (χ0n) is 14.6. The molecule has 1 N–H and O–H groups in total. The van der Waals surface area contributed by atoms with E-state index in [9.17, 15) is 5.26 Å². The Morgan fingerprint density at radius 2 is 1.96 bits per heavy atom. The number of rotatable bonds is 5. The van der Waals surface area contributed by atoms with Gasteiger partial charge >= 0.3 is 0 Å². The van der Waals surface area contributed by atoms with E-state index in [2.05, 4.69) is 28.2 Å². The number of oxazole rings is 1. The number of anilines is 1. The number of nitrogens with zero attached hydrogens (tertiary/aromatic N) is 3. The lowest BCUT2D eigenvalue weighted by Gasteiger charge is -2.27. The van der Waals surface area contributed by atoms with E-state index < -0.39 is 0 Å². The minimum Gasteiger partial charge on any atom is -0.423 e. The Balaban J connectivity index is 0.00000208. The molecule has 0 unspecified atom stereocenters. The second-order valence-corrected chi connectivity index (χ2v) is 6.91. The Kier molecular flexibility index (Phi) is 7.39. The van der Waals surface area contributed by atoms with Crippen LogP contribution in [0.1, 0.15) is 69.4 Å². The minimum atomic E-state index is 0. The minimum absolute atomic E-state index is 0. The molecule has 134 valence electrons.